The predicted octanol–water partition coefficient (Wildman–Crippen LogP) is -4.85. The lowest BCUT2D eigenvalue weighted by molar-refractivity contribution is -0.153. The number of benzene rings is 1. The van der Waals surface area contributed by atoms with Crippen LogP contribution in [0.25, 0.3) is 0 Å². The summed E-state index contributed by atoms with van der Waals surface area (Å²) in [4.78, 5) is 172. The van der Waals surface area contributed by atoms with Crippen LogP contribution in [0.5, 0.6) is 0 Å². The third kappa shape index (κ3) is 20.2. The van der Waals surface area contributed by atoms with Gasteiger partial charge in [-0.05, 0) is 99.1 Å². The number of aliphatic hydroxyl groups is 2. The number of aliphatic imine (C=N–C) groups is 3. The average molecular weight is 1350 g/mol. The molecule has 1 aromatic heterocycles. The van der Waals surface area contributed by atoms with Crippen LogP contribution in [0, 0.1) is 5.92 Å². The van der Waals surface area contributed by atoms with E-state index in [-0.39, 0.29) is 134 Å². The van der Waals surface area contributed by atoms with Gasteiger partial charge in [0.1, 0.15) is 54.4 Å². The number of hydrogen-bond donors (Lipinski definition) is 15. The van der Waals surface area contributed by atoms with Crippen molar-refractivity contribution < 1.29 is 68.1 Å². The minimum atomic E-state index is -1.68. The molecule has 0 radical (unpaired) electrons. The quantitative estimate of drug-likeness (QED) is 0.0191. The number of carbonyl (C=O) groups is 11. The predicted molar refractivity (Wildman–Crippen MR) is 347 cm³/mol. The van der Waals surface area contributed by atoms with E-state index in [1.807, 2.05) is 6.07 Å². The molecule has 0 spiro atoms. The van der Waals surface area contributed by atoms with E-state index in [0.717, 1.165) is 23.3 Å². The van der Waals surface area contributed by atoms with E-state index in [1.165, 1.54) is 33.0 Å². The maximum atomic E-state index is 15.4. The van der Waals surface area contributed by atoms with Crippen LogP contribution in [-0.2, 0) is 72.1 Å². The van der Waals surface area contributed by atoms with Gasteiger partial charge in [-0.1, -0.05) is 43.2 Å². The molecule has 1 saturated carbocycles. The van der Waals surface area contributed by atoms with Gasteiger partial charge < -0.3 is 101 Å². The standard InChI is InChI=1S/C61H91N19O14S/c1-33(82)72-39(15-6-20-68-59(62)63)50(85)74-40(16-7-21-69-60(64)65)54(89)77-23-9-19-45(77)56(91)79-31-37(83)27-46(79)52(87)71-29-49(84)73-42(28-38-14-10-24-95-38)51(86)76-43(32-81)55(90)78-30-36-13-3-2-11-34(36)25-48(78)57(92)80-44-18-5-4-12-35(44)26-47(80)53(88)75-41(58(93)94)17-8-22-70-61(66)67/h2-3,10-11,13-14,24,35,37,39-48,81,83H,4-9,12,15-23,25-32H2,1H3,(H,71,87)(H,72,82)(H,73,84)(H,74,85)(H,75,88)(H,76,86)(H,93,94)(H4,62,63,68)(H4,64,65,69)(H4,66,67,70)/t35-,37+,39-,40-,41-,42-,43-,44-,45-,46-,47-,48+/m0/s1. The number of carboxylic acids is 1. The molecule has 2 aromatic rings. The maximum absolute atomic E-state index is 15.4. The van der Waals surface area contributed by atoms with Gasteiger partial charge in [0.05, 0.1) is 19.3 Å². The zero-order valence-corrected chi connectivity index (χ0v) is 54.1. The highest BCUT2D eigenvalue weighted by molar-refractivity contribution is 7.09. The number of hydrogen-bond acceptors (Lipinski definition) is 17. The zero-order chi connectivity index (χ0) is 69.0. The van der Waals surface area contributed by atoms with Crippen molar-refractivity contribution in [2.75, 3.05) is 45.9 Å². The van der Waals surface area contributed by atoms with E-state index in [0.29, 0.717) is 29.7 Å². The number of carboxylic acid groups (broad SMARTS) is 1. The van der Waals surface area contributed by atoms with Gasteiger partial charge in [0.25, 0.3) is 0 Å². The van der Waals surface area contributed by atoms with Gasteiger partial charge in [0.15, 0.2) is 17.9 Å². The molecule has 95 heavy (non-hydrogen) atoms. The van der Waals surface area contributed by atoms with E-state index < -0.39 is 145 Å². The van der Waals surface area contributed by atoms with Gasteiger partial charge in [-0.3, -0.25) is 62.9 Å². The van der Waals surface area contributed by atoms with Crippen LogP contribution < -0.4 is 66.3 Å². The second kappa shape index (κ2) is 34.8. The SMILES string of the molecule is CC(=O)N[C@@H](CCCN=C(N)N)C(=O)N[C@@H](CCCN=C(N)N)C(=O)N1CCC[C@H]1C(=O)N1C[C@H](O)C[C@H]1C(=O)NCC(=O)N[C@@H](Cc1cccs1)C(=O)N[C@@H](CO)C(=O)N1Cc2ccccc2C[C@@H]1C(=O)N1[C@H](C(=O)N[C@@H](CCCN=C(N)N)C(=O)O)C[C@@H]2CCCC[C@@H]21. The Morgan fingerprint density at radius 2 is 1.22 bits per heavy atom. The van der Waals surface area contributed by atoms with Gasteiger partial charge in [-0.2, -0.15) is 0 Å². The third-order valence-electron chi connectivity index (χ3n) is 17.8. The minimum Gasteiger partial charge on any atom is -0.480 e. The Balaban J connectivity index is 1.03. The smallest absolute Gasteiger partial charge is 0.326 e. The molecule has 0 unspecified atom stereocenters. The van der Waals surface area contributed by atoms with Gasteiger partial charge in [0, 0.05) is 76.4 Å². The normalized spacial score (nSPS) is 22.0. The molecular formula is C61H91N19O14S. The van der Waals surface area contributed by atoms with Crippen molar-refractivity contribution in [3.63, 3.8) is 0 Å². The molecule has 10 amide bonds. The fourth-order valence-electron chi connectivity index (χ4n) is 13.3. The fourth-order valence-corrected chi connectivity index (χ4v) is 14.0. The molecule has 21 N–H and O–H groups in total. The summed E-state index contributed by atoms with van der Waals surface area (Å²) in [6, 6.07) is -1.35. The van der Waals surface area contributed by atoms with E-state index >= 15 is 4.79 Å². The van der Waals surface area contributed by atoms with Gasteiger partial charge in [0.2, 0.25) is 59.1 Å². The number of aliphatic carboxylic acids is 1. The number of amides is 10. The summed E-state index contributed by atoms with van der Waals surface area (Å²) in [5.74, 6) is -9.12. The molecule has 3 saturated heterocycles. The molecule has 4 fully saturated rings. The first-order valence-electron chi connectivity index (χ1n) is 32.1. The van der Waals surface area contributed by atoms with Crippen molar-refractivity contribution in [2.45, 2.75) is 183 Å². The first-order chi connectivity index (χ1) is 45.3. The molecule has 7 rings (SSSR count). The van der Waals surface area contributed by atoms with Gasteiger partial charge in [-0.25, -0.2) is 4.79 Å². The van der Waals surface area contributed by atoms with Crippen molar-refractivity contribution in [3.05, 3.63) is 57.8 Å². The maximum Gasteiger partial charge on any atom is 0.326 e. The zero-order valence-electron chi connectivity index (χ0n) is 53.3. The lowest BCUT2D eigenvalue weighted by atomic mass is 9.84. The molecule has 0 bridgehead atoms. The topological polar surface area (TPSA) is 527 Å². The van der Waals surface area contributed by atoms with Crippen LogP contribution in [0.15, 0.2) is 56.8 Å². The number of β-amino-alcohol motifs (C(OH)–C–C–N with tert-alkyl or cyclic N) is 1. The Labute approximate surface area is 553 Å². The summed E-state index contributed by atoms with van der Waals surface area (Å²) in [5.41, 5.74) is 34.2. The second-order valence-corrected chi connectivity index (χ2v) is 25.6. The summed E-state index contributed by atoms with van der Waals surface area (Å²) < 4.78 is 0. The van der Waals surface area contributed by atoms with Crippen LogP contribution in [0.3, 0.4) is 0 Å². The summed E-state index contributed by atoms with van der Waals surface area (Å²) in [6.07, 6.45) is 2.99. The average Bonchev–Trinajstić information content (AvgIpc) is 1.71. The van der Waals surface area contributed by atoms with E-state index in [2.05, 4.69) is 46.9 Å². The Hall–Kier alpha value is -9.18. The number of nitrogens with zero attached hydrogens (tertiary/aromatic N) is 7. The number of nitrogens with one attached hydrogen (secondary N) is 6. The number of rotatable bonds is 31. The first kappa shape index (κ1) is 73.2. The molecule has 5 heterocycles. The lowest BCUT2D eigenvalue weighted by Gasteiger charge is -2.42. The summed E-state index contributed by atoms with van der Waals surface area (Å²) in [5, 5.41) is 49.4. The van der Waals surface area contributed by atoms with E-state index in [4.69, 9.17) is 34.4 Å². The van der Waals surface area contributed by atoms with Crippen LogP contribution in [0.4, 0.5) is 0 Å². The highest BCUT2D eigenvalue weighted by Gasteiger charge is 2.52. The number of fused-ring (bicyclic) bond motifs is 2. The molecule has 33 nitrogen and oxygen atoms in total. The highest BCUT2D eigenvalue weighted by Crippen LogP contribution is 2.41. The number of aliphatic hydroxyl groups excluding tert-OH is 2. The summed E-state index contributed by atoms with van der Waals surface area (Å²) in [6.45, 7) is -0.436. The Morgan fingerprint density at radius 3 is 1.84 bits per heavy atom. The molecule has 5 aliphatic rings. The van der Waals surface area contributed by atoms with Crippen molar-refractivity contribution in [1.29, 1.82) is 0 Å². The second-order valence-electron chi connectivity index (χ2n) is 24.6. The molecule has 520 valence electrons. The molecule has 1 aromatic carbocycles. The number of likely N-dealkylation sites (tertiary alicyclic amines) is 3. The van der Waals surface area contributed by atoms with Crippen molar-refractivity contribution in [1.82, 2.24) is 51.5 Å². The first-order valence-corrected chi connectivity index (χ1v) is 33.0. The Morgan fingerprint density at radius 1 is 0.611 bits per heavy atom. The van der Waals surface area contributed by atoms with Crippen LogP contribution >= 0.6 is 11.3 Å². The van der Waals surface area contributed by atoms with Crippen LogP contribution in [0.2, 0.25) is 0 Å². The Bertz CT molecular complexity index is 3180. The van der Waals surface area contributed by atoms with E-state index in [9.17, 15) is 63.3 Å². The number of guanidine groups is 3. The molecular weight excluding hydrogens is 1250 g/mol. The number of carbonyl (C=O) groups excluding carboxylic acids is 10. The van der Waals surface area contributed by atoms with E-state index in [1.54, 1.807) is 35.7 Å². The van der Waals surface area contributed by atoms with Crippen LogP contribution in [0.1, 0.15) is 113 Å². The number of thiophene rings is 1. The third-order valence-corrected chi connectivity index (χ3v) is 18.7. The van der Waals surface area contributed by atoms with Gasteiger partial charge >= 0.3 is 5.97 Å². The fraction of sp³-hybridized carbons (Fsp3) is 0.607. The highest BCUT2D eigenvalue weighted by atomic mass is 32.1. The van der Waals surface area contributed by atoms with Gasteiger partial charge in [-0.15, -0.1) is 11.3 Å². The van der Waals surface area contributed by atoms with Crippen LogP contribution in [-0.4, -0.2) is 230 Å². The van der Waals surface area contributed by atoms with Crippen molar-refractivity contribution in [2.24, 2.45) is 55.3 Å². The van der Waals surface area contributed by atoms with Crippen molar-refractivity contribution >= 4 is 94.3 Å². The Kier molecular flexibility index (Phi) is 26.8. The summed E-state index contributed by atoms with van der Waals surface area (Å²) in [7, 11) is 0. The monoisotopic (exact) mass is 1350 g/mol. The lowest BCUT2D eigenvalue weighted by Crippen LogP contribution is -2.63. The minimum absolute atomic E-state index is 0.00438. The largest absolute Gasteiger partial charge is 0.480 e. The van der Waals surface area contributed by atoms with Crippen molar-refractivity contribution in [3.8, 4) is 0 Å². The molecule has 1 aliphatic carbocycles. The molecule has 34 heteroatoms. The molecule has 4 aliphatic heterocycles. The molecule has 12 atom stereocenters. The summed E-state index contributed by atoms with van der Waals surface area (Å²) >= 11 is 1.27. The number of nitrogens with two attached hydrogens (primary N) is 6.